The molecule has 0 radical (unpaired) electrons. The zero-order chi connectivity index (χ0) is 14.8. The number of nitrogens with zero attached hydrogens (tertiary/aromatic N) is 3. The molecule has 20 heavy (non-hydrogen) atoms. The van der Waals surface area contributed by atoms with Gasteiger partial charge >= 0.3 is 0 Å². The van der Waals surface area contributed by atoms with Gasteiger partial charge in [-0.3, -0.25) is 4.79 Å². The minimum absolute atomic E-state index is 0.231. The van der Waals surface area contributed by atoms with Gasteiger partial charge in [-0.2, -0.15) is 0 Å². The van der Waals surface area contributed by atoms with E-state index in [2.05, 4.69) is 15.3 Å². The smallest absolute Gasteiger partial charge is 0.265 e. The van der Waals surface area contributed by atoms with Crippen molar-refractivity contribution in [2.45, 2.75) is 25.3 Å². The summed E-state index contributed by atoms with van der Waals surface area (Å²) in [6.07, 6.45) is 3.11. The highest BCUT2D eigenvalue weighted by Gasteiger charge is 2.43. The highest BCUT2D eigenvalue weighted by molar-refractivity contribution is 6.30. The Bertz CT molecular complexity index is 471. The summed E-state index contributed by atoms with van der Waals surface area (Å²) < 4.78 is 26.8. The third-order valence-electron chi connectivity index (χ3n) is 3.34. The van der Waals surface area contributed by atoms with Crippen molar-refractivity contribution in [1.82, 2.24) is 14.9 Å². The van der Waals surface area contributed by atoms with E-state index in [1.54, 1.807) is 6.92 Å². The average molecular weight is 305 g/mol. The number of carbonyl (C=O) groups is 1. The Morgan fingerprint density at radius 1 is 1.55 bits per heavy atom. The van der Waals surface area contributed by atoms with Gasteiger partial charge in [-0.15, -0.1) is 0 Å². The van der Waals surface area contributed by atoms with Crippen LogP contribution >= 0.6 is 11.6 Å². The van der Waals surface area contributed by atoms with Gasteiger partial charge in [0, 0.05) is 13.0 Å². The molecule has 1 aliphatic heterocycles. The van der Waals surface area contributed by atoms with Gasteiger partial charge in [0.05, 0.1) is 30.0 Å². The van der Waals surface area contributed by atoms with Crippen molar-refractivity contribution in [3.8, 4) is 0 Å². The number of hydrogen-bond donors (Lipinski definition) is 1. The zero-order valence-corrected chi connectivity index (χ0v) is 11.6. The monoisotopic (exact) mass is 304 g/mol. The van der Waals surface area contributed by atoms with Crippen LogP contribution in [0, 0.1) is 5.92 Å². The Morgan fingerprint density at radius 3 is 2.80 bits per heavy atom. The summed E-state index contributed by atoms with van der Waals surface area (Å²) in [6.45, 7) is 1.48. The zero-order valence-electron chi connectivity index (χ0n) is 10.9. The molecule has 8 heteroatoms. The van der Waals surface area contributed by atoms with Gasteiger partial charge in [0.15, 0.2) is 0 Å². The van der Waals surface area contributed by atoms with Gasteiger partial charge in [-0.25, -0.2) is 18.7 Å². The van der Waals surface area contributed by atoms with Crippen molar-refractivity contribution in [2.24, 2.45) is 5.92 Å². The maximum absolute atomic E-state index is 13.4. The number of alkyl halides is 2. The van der Waals surface area contributed by atoms with Crippen LogP contribution < -0.4 is 5.32 Å². The molecule has 0 aliphatic carbocycles. The van der Waals surface area contributed by atoms with Gasteiger partial charge < -0.3 is 10.2 Å². The van der Waals surface area contributed by atoms with Crippen molar-refractivity contribution in [2.75, 3.05) is 18.4 Å². The summed E-state index contributed by atoms with van der Waals surface area (Å²) >= 11 is 5.67. The minimum Gasteiger partial charge on any atom is -0.352 e. The van der Waals surface area contributed by atoms with E-state index >= 15 is 0 Å². The lowest BCUT2D eigenvalue weighted by Crippen LogP contribution is -2.54. The number of amides is 1. The fourth-order valence-corrected chi connectivity index (χ4v) is 2.51. The normalized spacial score (nSPS) is 25.3. The second-order valence-electron chi connectivity index (χ2n) is 4.99. The first kappa shape index (κ1) is 14.9. The highest BCUT2D eigenvalue weighted by Crippen LogP contribution is 2.33. The predicted octanol–water partition coefficient (Wildman–Crippen LogP) is 2.04. The number of nitrogens with one attached hydrogen (secondary N) is 1. The number of halogens is 3. The molecule has 1 aromatic rings. The van der Waals surface area contributed by atoms with E-state index in [-0.39, 0.29) is 18.4 Å². The summed E-state index contributed by atoms with van der Waals surface area (Å²) in [5.41, 5.74) is 0. The summed E-state index contributed by atoms with van der Waals surface area (Å²) in [5, 5.41) is 3.35. The van der Waals surface area contributed by atoms with Crippen LogP contribution in [0.5, 0.6) is 0 Å². The summed E-state index contributed by atoms with van der Waals surface area (Å²) in [4.78, 5) is 20.0. The van der Waals surface area contributed by atoms with Crippen LogP contribution in [0.2, 0.25) is 5.02 Å². The largest absolute Gasteiger partial charge is 0.352 e. The Kier molecular flexibility index (Phi) is 4.37. The number of rotatable bonds is 4. The topological polar surface area (TPSA) is 58.1 Å². The fourth-order valence-electron chi connectivity index (χ4n) is 2.42. The average Bonchev–Trinajstić information content (AvgIpc) is 2.38. The predicted molar refractivity (Wildman–Crippen MR) is 70.8 cm³/mol. The molecule has 1 fully saturated rings. The quantitative estimate of drug-likeness (QED) is 0.865. The lowest BCUT2D eigenvalue weighted by molar-refractivity contribution is -0.139. The number of aromatic nitrogens is 2. The molecule has 0 saturated carbocycles. The molecule has 0 bridgehead atoms. The Hall–Kier alpha value is -1.50. The van der Waals surface area contributed by atoms with Gasteiger partial charge in [0.1, 0.15) is 0 Å². The van der Waals surface area contributed by atoms with E-state index in [4.69, 9.17) is 11.6 Å². The Balaban J connectivity index is 2.00. The summed E-state index contributed by atoms with van der Waals surface area (Å²) in [5.74, 6) is -2.79. The lowest BCUT2D eigenvalue weighted by Gasteiger charge is -2.41. The van der Waals surface area contributed by atoms with Crippen LogP contribution in [-0.2, 0) is 4.79 Å². The van der Waals surface area contributed by atoms with E-state index < -0.39 is 12.5 Å². The molecule has 1 amide bonds. The Labute approximate surface area is 120 Å². The second-order valence-corrected chi connectivity index (χ2v) is 5.42. The maximum Gasteiger partial charge on any atom is 0.265 e. The molecule has 2 atom stereocenters. The van der Waals surface area contributed by atoms with Crippen molar-refractivity contribution >= 4 is 24.0 Å². The van der Waals surface area contributed by atoms with Crippen molar-refractivity contribution in [3.05, 3.63) is 17.4 Å². The van der Waals surface area contributed by atoms with Crippen LogP contribution in [0.1, 0.15) is 13.3 Å². The summed E-state index contributed by atoms with van der Waals surface area (Å²) in [6, 6.07) is -0.314. The first-order valence-corrected chi connectivity index (χ1v) is 6.59. The van der Waals surface area contributed by atoms with Gasteiger partial charge in [-0.05, 0) is 5.92 Å². The second kappa shape index (κ2) is 5.87. The molecular formula is C12H15ClF2N4O. The van der Waals surface area contributed by atoms with E-state index in [1.807, 2.05) is 0 Å². The molecule has 1 aromatic heterocycles. The number of piperidine rings is 1. The third-order valence-corrected chi connectivity index (χ3v) is 3.54. The number of anilines is 1. The van der Waals surface area contributed by atoms with Gasteiger partial charge in [-0.1, -0.05) is 18.5 Å². The Morgan fingerprint density at radius 2 is 2.20 bits per heavy atom. The van der Waals surface area contributed by atoms with Crippen molar-refractivity contribution in [3.63, 3.8) is 0 Å². The number of carbonyl (C=O) groups excluding carboxylic acids is 1. The molecular weight excluding hydrogens is 290 g/mol. The lowest BCUT2D eigenvalue weighted by atomic mass is 9.89. The molecule has 2 heterocycles. The van der Waals surface area contributed by atoms with Crippen molar-refractivity contribution in [1.29, 1.82) is 0 Å². The minimum atomic E-state index is -2.83. The molecule has 1 aliphatic rings. The van der Waals surface area contributed by atoms with Crippen LogP contribution in [0.15, 0.2) is 12.4 Å². The van der Waals surface area contributed by atoms with E-state index in [1.165, 1.54) is 12.4 Å². The first-order valence-electron chi connectivity index (χ1n) is 6.21. The van der Waals surface area contributed by atoms with Crippen molar-refractivity contribution < 1.29 is 13.6 Å². The van der Waals surface area contributed by atoms with Crippen LogP contribution in [0.25, 0.3) is 0 Å². The third kappa shape index (κ3) is 3.53. The number of likely N-dealkylation sites (tertiary alicyclic amines) is 1. The molecule has 1 saturated heterocycles. The summed E-state index contributed by atoms with van der Waals surface area (Å²) in [7, 11) is 0. The van der Waals surface area contributed by atoms with E-state index in [9.17, 15) is 13.6 Å². The SMILES string of the molecule is C[C@@H]1CC(F)(F)CN(C=O)[C@@H]1CNc1ncc(Cl)cn1. The standard InChI is InChI=1S/C12H15ClF2N4O/c1-8-2-12(14,15)6-19(7-20)10(8)5-18-11-16-3-9(13)4-17-11/h3-4,7-8,10H,2,5-6H2,1H3,(H,16,17,18)/t8-,10-/m1/s1. The highest BCUT2D eigenvalue weighted by atomic mass is 35.5. The fraction of sp³-hybridized carbons (Fsp3) is 0.583. The van der Waals surface area contributed by atoms with E-state index in [0.29, 0.717) is 23.9 Å². The van der Waals surface area contributed by atoms with Crippen LogP contribution in [0.4, 0.5) is 14.7 Å². The molecule has 0 unspecified atom stereocenters. The number of hydrogen-bond acceptors (Lipinski definition) is 4. The van der Waals surface area contributed by atoms with Gasteiger partial charge in [0.2, 0.25) is 12.4 Å². The molecule has 110 valence electrons. The van der Waals surface area contributed by atoms with E-state index in [0.717, 1.165) is 4.90 Å². The molecule has 2 rings (SSSR count). The molecule has 5 nitrogen and oxygen atoms in total. The first-order chi connectivity index (χ1) is 9.41. The van der Waals surface area contributed by atoms with Crippen LogP contribution in [-0.4, -0.2) is 46.3 Å². The van der Waals surface area contributed by atoms with Crippen LogP contribution in [0.3, 0.4) is 0 Å². The maximum atomic E-state index is 13.4. The van der Waals surface area contributed by atoms with Gasteiger partial charge in [0.25, 0.3) is 5.92 Å². The molecule has 1 N–H and O–H groups in total. The molecule has 0 spiro atoms. The molecule has 0 aromatic carbocycles.